The van der Waals surface area contributed by atoms with Crippen molar-refractivity contribution in [1.82, 2.24) is 0 Å². The van der Waals surface area contributed by atoms with Gasteiger partial charge in [0.1, 0.15) is 0 Å². The molecule has 0 amide bonds. The van der Waals surface area contributed by atoms with Gasteiger partial charge in [0, 0.05) is 14.9 Å². The fraction of sp³-hybridized carbons (Fsp3) is 0.0714. The number of aliphatic carboxylic acids is 1. The third-order valence-electron chi connectivity index (χ3n) is 2.18. The Morgan fingerprint density at radius 1 is 1.05 bits per heavy atom. The molecular formula is C14H15IN2O2. The maximum atomic E-state index is 10.2. The summed E-state index contributed by atoms with van der Waals surface area (Å²) in [7, 11) is 0. The zero-order chi connectivity index (χ0) is 14.3. The van der Waals surface area contributed by atoms with Crippen LogP contribution in [-0.2, 0) is 11.2 Å². The summed E-state index contributed by atoms with van der Waals surface area (Å²) in [5.74, 6) is -0.837. The second-order valence-electron chi connectivity index (χ2n) is 3.87. The molecule has 0 spiro atoms. The minimum Gasteiger partial charge on any atom is -0.481 e. The summed E-state index contributed by atoms with van der Waals surface area (Å²) in [5, 5.41) is 8.42. The number of anilines is 2. The van der Waals surface area contributed by atoms with Gasteiger partial charge in [-0.2, -0.15) is 0 Å². The number of benzene rings is 2. The molecule has 0 aliphatic heterocycles. The Labute approximate surface area is 125 Å². The predicted molar refractivity (Wildman–Crippen MR) is 85.8 cm³/mol. The van der Waals surface area contributed by atoms with Crippen molar-refractivity contribution < 1.29 is 9.90 Å². The van der Waals surface area contributed by atoms with Crippen molar-refractivity contribution in [2.75, 3.05) is 11.5 Å². The summed E-state index contributed by atoms with van der Waals surface area (Å²) in [6.45, 7) is 0. The Morgan fingerprint density at radius 2 is 1.68 bits per heavy atom. The van der Waals surface area contributed by atoms with Crippen molar-refractivity contribution in [2.24, 2.45) is 0 Å². The van der Waals surface area contributed by atoms with E-state index < -0.39 is 5.97 Å². The maximum Gasteiger partial charge on any atom is 0.307 e. The van der Waals surface area contributed by atoms with E-state index in [1.165, 1.54) is 3.57 Å². The molecule has 4 nitrogen and oxygen atoms in total. The lowest BCUT2D eigenvalue weighted by atomic mass is 10.1. The van der Waals surface area contributed by atoms with Crippen LogP contribution in [0.2, 0.25) is 0 Å². The number of carbonyl (C=O) groups is 1. The van der Waals surface area contributed by atoms with Crippen LogP contribution in [0.1, 0.15) is 5.56 Å². The number of nitrogens with two attached hydrogens (primary N) is 2. The van der Waals surface area contributed by atoms with Gasteiger partial charge in [0.05, 0.1) is 6.42 Å². The van der Waals surface area contributed by atoms with Crippen molar-refractivity contribution in [3.05, 3.63) is 57.7 Å². The van der Waals surface area contributed by atoms with Gasteiger partial charge in [-0.05, 0) is 64.6 Å². The first-order valence-corrected chi connectivity index (χ1v) is 6.62. The Hall–Kier alpha value is -1.76. The van der Waals surface area contributed by atoms with Crippen molar-refractivity contribution in [3.8, 4) is 0 Å². The molecule has 0 unspecified atom stereocenters. The van der Waals surface area contributed by atoms with Crippen LogP contribution in [0.4, 0.5) is 11.4 Å². The average Bonchev–Trinajstić information content (AvgIpc) is 2.33. The van der Waals surface area contributed by atoms with Crippen LogP contribution in [0.5, 0.6) is 0 Å². The summed E-state index contributed by atoms with van der Waals surface area (Å²) in [6.07, 6.45) is 0.0328. The van der Waals surface area contributed by atoms with Gasteiger partial charge < -0.3 is 16.6 Å². The Bertz CT molecular complexity index is 520. The molecular weight excluding hydrogens is 355 g/mol. The van der Waals surface area contributed by atoms with Crippen LogP contribution >= 0.6 is 22.6 Å². The molecule has 0 aliphatic carbocycles. The molecule has 0 atom stereocenters. The molecule has 0 fully saturated rings. The lowest BCUT2D eigenvalue weighted by Crippen LogP contribution is -2.00. The van der Waals surface area contributed by atoms with E-state index in [2.05, 4.69) is 22.6 Å². The van der Waals surface area contributed by atoms with E-state index in [9.17, 15) is 4.79 Å². The fourth-order valence-corrected chi connectivity index (χ4v) is 1.70. The second-order valence-corrected chi connectivity index (χ2v) is 5.11. The van der Waals surface area contributed by atoms with Crippen LogP contribution in [-0.4, -0.2) is 11.1 Å². The van der Waals surface area contributed by atoms with Crippen molar-refractivity contribution in [1.29, 1.82) is 0 Å². The number of halogens is 1. The van der Waals surface area contributed by atoms with Gasteiger partial charge in [-0.25, -0.2) is 0 Å². The number of hydrogen-bond donors (Lipinski definition) is 3. The summed E-state index contributed by atoms with van der Waals surface area (Å²) in [4.78, 5) is 10.2. The van der Waals surface area contributed by atoms with Crippen molar-refractivity contribution in [3.63, 3.8) is 0 Å². The van der Waals surface area contributed by atoms with E-state index in [0.29, 0.717) is 5.69 Å². The highest BCUT2D eigenvalue weighted by Crippen LogP contribution is 2.07. The normalized spacial score (nSPS) is 9.32. The van der Waals surface area contributed by atoms with Crippen molar-refractivity contribution in [2.45, 2.75) is 6.42 Å². The number of carboxylic acid groups (broad SMARTS) is 1. The molecule has 0 aromatic heterocycles. The van der Waals surface area contributed by atoms with Gasteiger partial charge in [-0.1, -0.05) is 12.1 Å². The van der Waals surface area contributed by atoms with E-state index in [-0.39, 0.29) is 6.42 Å². The second kappa shape index (κ2) is 7.63. The lowest BCUT2D eigenvalue weighted by Gasteiger charge is -1.96. The molecule has 5 heteroatoms. The summed E-state index contributed by atoms with van der Waals surface area (Å²) >= 11 is 2.24. The van der Waals surface area contributed by atoms with Gasteiger partial charge in [0.25, 0.3) is 0 Å². The Kier molecular flexibility index (Phi) is 6.14. The summed E-state index contributed by atoms with van der Waals surface area (Å²) in [5.41, 5.74) is 13.0. The predicted octanol–water partition coefficient (Wildman–Crippen LogP) is 2.77. The Morgan fingerprint density at radius 3 is 2.16 bits per heavy atom. The summed E-state index contributed by atoms with van der Waals surface area (Å²) < 4.78 is 1.22. The highest BCUT2D eigenvalue weighted by atomic mass is 127. The lowest BCUT2D eigenvalue weighted by molar-refractivity contribution is -0.136. The molecule has 0 saturated heterocycles. The van der Waals surface area contributed by atoms with Gasteiger partial charge in [0.15, 0.2) is 0 Å². The van der Waals surface area contributed by atoms with E-state index in [4.69, 9.17) is 16.6 Å². The van der Waals surface area contributed by atoms with Crippen LogP contribution in [0.3, 0.4) is 0 Å². The quantitative estimate of drug-likeness (QED) is 0.560. The van der Waals surface area contributed by atoms with Gasteiger partial charge in [-0.15, -0.1) is 0 Å². The molecule has 19 heavy (non-hydrogen) atoms. The number of hydrogen-bond acceptors (Lipinski definition) is 3. The maximum absolute atomic E-state index is 10.2. The molecule has 0 bridgehead atoms. The zero-order valence-electron chi connectivity index (χ0n) is 10.2. The van der Waals surface area contributed by atoms with Gasteiger partial charge in [-0.3, -0.25) is 4.79 Å². The van der Waals surface area contributed by atoms with Gasteiger partial charge in [0.2, 0.25) is 0 Å². The smallest absolute Gasteiger partial charge is 0.307 e. The highest BCUT2D eigenvalue weighted by molar-refractivity contribution is 14.1. The van der Waals surface area contributed by atoms with Crippen LogP contribution in [0.25, 0.3) is 0 Å². The fourth-order valence-electron chi connectivity index (χ4n) is 1.34. The van der Waals surface area contributed by atoms with Crippen LogP contribution in [0, 0.1) is 3.57 Å². The molecule has 0 aliphatic rings. The third kappa shape index (κ3) is 6.66. The SMILES string of the molecule is Nc1ccc(I)cc1.Nc1cccc(CC(=O)O)c1. The number of rotatable bonds is 2. The molecule has 0 heterocycles. The third-order valence-corrected chi connectivity index (χ3v) is 2.90. The molecule has 2 rings (SSSR count). The first-order chi connectivity index (χ1) is 8.97. The molecule has 5 N–H and O–H groups in total. The summed E-state index contributed by atoms with van der Waals surface area (Å²) in [6, 6.07) is 14.6. The Balaban J connectivity index is 0.000000200. The monoisotopic (exact) mass is 370 g/mol. The molecule has 100 valence electrons. The average molecular weight is 370 g/mol. The largest absolute Gasteiger partial charge is 0.481 e. The molecule has 0 radical (unpaired) electrons. The van der Waals surface area contributed by atoms with E-state index in [1.54, 1.807) is 24.3 Å². The van der Waals surface area contributed by atoms with Crippen molar-refractivity contribution >= 4 is 39.9 Å². The molecule has 2 aromatic carbocycles. The first kappa shape index (κ1) is 15.3. The van der Waals surface area contributed by atoms with E-state index >= 15 is 0 Å². The zero-order valence-corrected chi connectivity index (χ0v) is 12.4. The van der Waals surface area contributed by atoms with Gasteiger partial charge >= 0.3 is 5.97 Å². The molecule has 0 saturated carbocycles. The number of nitrogen functional groups attached to an aromatic ring is 2. The standard InChI is InChI=1S/C8H9NO2.C6H6IN/c9-7-3-1-2-6(4-7)5-8(10)11;7-5-1-3-6(8)4-2-5/h1-4H,5,9H2,(H,10,11);1-4H,8H2. The minimum absolute atomic E-state index is 0.0328. The minimum atomic E-state index is -0.837. The first-order valence-electron chi connectivity index (χ1n) is 5.54. The topological polar surface area (TPSA) is 89.3 Å². The van der Waals surface area contributed by atoms with E-state index in [1.807, 2.05) is 24.3 Å². The highest BCUT2D eigenvalue weighted by Gasteiger charge is 1.98. The molecule has 2 aromatic rings. The van der Waals surface area contributed by atoms with Crippen LogP contribution in [0.15, 0.2) is 48.5 Å². The van der Waals surface area contributed by atoms with Crippen LogP contribution < -0.4 is 11.5 Å². The van der Waals surface area contributed by atoms with E-state index in [0.717, 1.165) is 11.3 Å². The number of carboxylic acids is 1.